The lowest BCUT2D eigenvalue weighted by atomic mass is 10.0. The molecule has 0 fully saturated rings. The van der Waals surface area contributed by atoms with Crippen LogP contribution in [-0.2, 0) is 32.7 Å². The van der Waals surface area contributed by atoms with Crippen LogP contribution in [0.5, 0.6) is 0 Å². The van der Waals surface area contributed by atoms with Crippen LogP contribution < -0.4 is 0 Å². The molecule has 0 saturated heterocycles. The summed E-state index contributed by atoms with van der Waals surface area (Å²) in [6.45, 7) is 4.35. The van der Waals surface area contributed by atoms with Gasteiger partial charge >= 0.3 is 19.8 Å². The van der Waals surface area contributed by atoms with E-state index >= 15 is 0 Å². The van der Waals surface area contributed by atoms with Crippen LogP contribution in [-0.4, -0.2) is 74.9 Å². The van der Waals surface area contributed by atoms with Crippen molar-refractivity contribution in [3.63, 3.8) is 0 Å². The second-order valence-corrected chi connectivity index (χ2v) is 31.7. The van der Waals surface area contributed by atoms with E-state index in [9.17, 15) is 19.0 Å². The van der Waals surface area contributed by atoms with E-state index in [0.717, 1.165) is 116 Å². The highest BCUT2D eigenvalue weighted by Crippen LogP contribution is 2.43. The van der Waals surface area contributed by atoms with Gasteiger partial charge in [0, 0.05) is 12.8 Å². The van der Waals surface area contributed by atoms with Gasteiger partial charge in [0.1, 0.15) is 19.8 Å². The van der Waals surface area contributed by atoms with Crippen molar-refractivity contribution in [2.75, 3.05) is 47.5 Å². The molecule has 0 spiro atoms. The zero-order valence-corrected chi connectivity index (χ0v) is 68.9. The fourth-order valence-electron chi connectivity index (χ4n) is 12.4. The first-order valence-electron chi connectivity index (χ1n) is 43.4. The fraction of sp³-hybridized carbons (Fsp3) is 0.742. The highest BCUT2D eigenvalue weighted by molar-refractivity contribution is 7.47. The molecule has 2 atom stereocenters. The topological polar surface area (TPSA) is 108 Å². The molecule has 0 aliphatic carbocycles. The molecule has 0 saturated carbocycles. The van der Waals surface area contributed by atoms with Gasteiger partial charge in [-0.25, -0.2) is 4.57 Å². The third kappa shape index (κ3) is 87.0. The molecule has 0 rings (SSSR count). The molecule has 0 aliphatic heterocycles. The van der Waals surface area contributed by atoms with Crippen LogP contribution in [0.25, 0.3) is 0 Å². The third-order valence-electron chi connectivity index (χ3n) is 18.9. The summed E-state index contributed by atoms with van der Waals surface area (Å²) in [5.74, 6) is -0.802. The number of quaternary nitrogens is 1. The predicted molar refractivity (Wildman–Crippen MR) is 450 cm³/mol. The lowest BCUT2D eigenvalue weighted by Gasteiger charge is -2.24. The average Bonchev–Trinajstić information content (AvgIpc) is 0.971. The average molecular weight is 1460 g/mol. The number of nitrogens with zero attached hydrogens (tertiary/aromatic N) is 1. The number of rotatable bonds is 80. The highest BCUT2D eigenvalue weighted by atomic mass is 31.2. The summed E-state index contributed by atoms with van der Waals surface area (Å²) in [6.07, 6.45) is 121. The Kier molecular flexibility index (Phi) is 79.1. The Balaban J connectivity index is 3.99. The summed E-state index contributed by atoms with van der Waals surface area (Å²) in [7, 11) is 1.47. The number of allylic oxidation sites excluding steroid dienone is 22. The quantitative estimate of drug-likeness (QED) is 0.0211. The molecule has 0 aliphatic rings. The standard InChI is InChI=1S/C93H164NO8P/c1-6-8-10-12-14-16-18-20-22-24-26-28-30-32-34-36-38-40-42-44-46-47-48-50-52-54-56-58-60-62-64-66-68-70-72-74-76-78-80-82-84-86-93(96)102-91(90-101-103(97,98)100-88-87-94(3,4)5)89-99-92(95)85-83-81-79-77-75-73-71-69-67-65-63-61-59-57-55-53-51-49-45-43-41-39-37-35-33-31-29-27-25-23-21-19-17-15-13-11-9-7-2/h8,10,14,16,20,22,26,28,32,34,38,40,44,46,48,50,54,56,60,62,66,68,91H,6-7,9,11-13,15,17-19,21,23-25,27,29-31,33,35-37,39,41-43,45,47,49,51-53,55,57-59,61,63-65,67,69-90H2,1-5H3/p+1/b10-8-,16-14-,22-20-,28-26-,34-32-,40-38-,46-44-,50-48-,56-54-,62-60-,68-66-. The predicted octanol–water partition coefficient (Wildman–Crippen LogP) is 29.5. The van der Waals surface area contributed by atoms with Crippen molar-refractivity contribution >= 4 is 19.8 Å². The van der Waals surface area contributed by atoms with E-state index in [1.807, 2.05) is 21.1 Å². The number of phosphoric ester groups is 1. The third-order valence-corrected chi connectivity index (χ3v) is 19.9. The lowest BCUT2D eigenvalue weighted by Crippen LogP contribution is -2.37. The molecular formula is C93H165NO8P+. The number of esters is 2. The second-order valence-electron chi connectivity index (χ2n) is 30.2. The van der Waals surface area contributed by atoms with Gasteiger partial charge in [-0.2, -0.15) is 0 Å². The van der Waals surface area contributed by atoms with E-state index in [-0.39, 0.29) is 32.0 Å². The Bertz CT molecular complexity index is 2210. The minimum atomic E-state index is -4.41. The summed E-state index contributed by atoms with van der Waals surface area (Å²) < 4.78 is 34.8. The van der Waals surface area contributed by atoms with E-state index in [1.54, 1.807) is 0 Å². The molecule has 0 aromatic carbocycles. The Morgan fingerprint density at radius 2 is 0.553 bits per heavy atom. The van der Waals surface area contributed by atoms with E-state index in [1.165, 1.54) is 244 Å². The molecule has 0 aromatic rings. The summed E-state index contributed by atoms with van der Waals surface area (Å²) in [6, 6.07) is 0. The molecule has 2 unspecified atom stereocenters. The summed E-state index contributed by atoms with van der Waals surface area (Å²) in [4.78, 5) is 36.0. The number of carbonyl (C=O) groups excluding carboxylic acids is 2. The molecule has 0 aromatic heterocycles. The minimum absolute atomic E-state index is 0.0251. The van der Waals surface area contributed by atoms with Crippen LogP contribution in [0.3, 0.4) is 0 Å². The SMILES string of the molecule is CC/C=C\C/C=C\C/C=C\C/C=C\C/C=C\C/C=C\C/C=C\C/C=C\C/C=C\C/C=C\C/C=C\CCCCCCCCCC(=O)OC(COC(=O)CCCCCCCCCCCCCCCCCCCCCCCCCCCCCCCCCCCCCCCC)COP(=O)(O)OCC[N+](C)(C)C. The van der Waals surface area contributed by atoms with Gasteiger partial charge in [-0.15, -0.1) is 0 Å². The van der Waals surface area contributed by atoms with E-state index in [4.69, 9.17) is 18.5 Å². The number of carbonyl (C=O) groups is 2. The van der Waals surface area contributed by atoms with Crippen LogP contribution in [0.15, 0.2) is 134 Å². The van der Waals surface area contributed by atoms with Crippen LogP contribution in [0.1, 0.15) is 393 Å². The number of ether oxygens (including phenoxy) is 2. The van der Waals surface area contributed by atoms with Crippen molar-refractivity contribution in [1.29, 1.82) is 0 Å². The molecular weight excluding hydrogens is 1290 g/mol. The Labute approximate surface area is 638 Å². The number of likely N-dealkylation sites (N-methyl/N-ethyl adjacent to an activating group) is 1. The molecule has 0 bridgehead atoms. The highest BCUT2D eigenvalue weighted by Gasteiger charge is 2.27. The van der Waals surface area contributed by atoms with Gasteiger partial charge in [-0.05, 0) is 96.3 Å². The van der Waals surface area contributed by atoms with Crippen molar-refractivity contribution in [3.8, 4) is 0 Å². The van der Waals surface area contributed by atoms with Gasteiger partial charge < -0.3 is 18.9 Å². The van der Waals surface area contributed by atoms with Gasteiger partial charge in [0.25, 0.3) is 0 Å². The second kappa shape index (κ2) is 82.2. The van der Waals surface area contributed by atoms with Gasteiger partial charge in [0.05, 0.1) is 27.7 Å². The number of phosphoric acid groups is 1. The van der Waals surface area contributed by atoms with Crippen molar-refractivity contribution < 1.29 is 42.1 Å². The summed E-state index contributed by atoms with van der Waals surface area (Å²) in [5.41, 5.74) is 0. The van der Waals surface area contributed by atoms with Crippen LogP contribution in [0, 0.1) is 0 Å². The summed E-state index contributed by atoms with van der Waals surface area (Å²) in [5, 5.41) is 0. The van der Waals surface area contributed by atoms with Crippen molar-refractivity contribution in [2.24, 2.45) is 0 Å². The molecule has 0 amide bonds. The Morgan fingerprint density at radius 3 is 0.825 bits per heavy atom. The van der Waals surface area contributed by atoms with E-state index < -0.39 is 26.5 Å². The maximum absolute atomic E-state index is 12.9. The van der Waals surface area contributed by atoms with Crippen LogP contribution in [0.2, 0.25) is 0 Å². The largest absolute Gasteiger partial charge is 0.472 e. The number of unbranched alkanes of at least 4 members (excludes halogenated alkanes) is 44. The van der Waals surface area contributed by atoms with Gasteiger partial charge in [-0.3, -0.25) is 18.6 Å². The monoisotopic (exact) mass is 1460 g/mol. The molecule has 10 heteroatoms. The van der Waals surface area contributed by atoms with Gasteiger partial charge in [0.2, 0.25) is 0 Å². The molecule has 0 radical (unpaired) electrons. The van der Waals surface area contributed by atoms with E-state index in [0.29, 0.717) is 17.4 Å². The van der Waals surface area contributed by atoms with E-state index in [2.05, 4.69) is 148 Å². The minimum Gasteiger partial charge on any atom is -0.462 e. The maximum Gasteiger partial charge on any atom is 0.472 e. The zero-order chi connectivity index (χ0) is 74.7. The molecule has 103 heavy (non-hydrogen) atoms. The Morgan fingerprint density at radius 1 is 0.311 bits per heavy atom. The first-order valence-corrected chi connectivity index (χ1v) is 44.9. The molecule has 9 nitrogen and oxygen atoms in total. The maximum atomic E-state index is 12.9. The Hall–Kier alpha value is -3.85. The molecule has 0 heterocycles. The number of hydrogen-bond donors (Lipinski definition) is 1. The first-order chi connectivity index (χ1) is 50.5. The normalized spacial score (nSPS) is 13.7. The molecule has 1 N–H and O–H groups in total. The lowest BCUT2D eigenvalue weighted by molar-refractivity contribution is -0.870. The summed E-state index contributed by atoms with van der Waals surface area (Å²) >= 11 is 0. The van der Waals surface area contributed by atoms with Crippen molar-refractivity contribution in [2.45, 2.75) is 399 Å². The van der Waals surface area contributed by atoms with Gasteiger partial charge in [-0.1, -0.05) is 417 Å². The zero-order valence-electron chi connectivity index (χ0n) is 68.0. The van der Waals surface area contributed by atoms with Crippen LogP contribution in [0.4, 0.5) is 0 Å². The number of hydrogen-bond acceptors (Lipinski definition) is 7. The molecule has 594 valence electrons. The van der Waals surface area contributed by atoms with Crippen molar-refractivity contribution in [3.05, 3.63) is 134 Å². The smallest absolute Gasteiger partial charge is 0.462 e. The van der Waals surface area contributed by atoms with Crippen LogP contribution >= 0.6 is 7.82 Å². The first kappa shape index (κ1) is 99.2. The van der Waals surface area contributed by atoms with Gasteiger partial charge in [0.15, 0.2) is 6.10 Å². The van der Waals surface area contributed by atoms with Crippen molar-refractivity contribution in [1.82, 2.24) is 0 Å². The fourth-order valence-corrected chi connectivity index (χ4v) is 13.1.